The summed E-state index contributed by atoms with van der Waals surface area (Å²) in [6.45, 7) is 5.98. The first-order chi connectivity index (χ1) is 7.99. The first-order valence-electron chi connectivity index (χ1n) is 5.93. The summed E-state index contributed by atoms with van der Waals surface area (Å²) in [5.74, 6) is 1.08. The maximum Gasteiger partial charge on any atom is 0.119 e. The molecule has 0 saturated heterocycles. The van der Waals surface area contributed by atoms with Crippen molar-refractivity contribution in [2.75, 3.05) is 13.7 Å². The molecule has 0 saturated carbocycles. The third kappa shape index (κ3) is 3.45. The van der Waals surface area contributed by atoms with Crippen LogP contribution < -0.4 is 4.74 Å². The molecule has 3 heteroatoms. The molecule has 96 valence electrons. The van der Waals surface area contributed by atoms with E-state index >= 15 is 0 Å². The number of benzene rings is 1. The highest BCUT2D eigenvalue weighted by Gasteiger charge is 2.16. The largest absolute Gasteiger partial charge is 0.497 e. The molecular weight excluding hydrogens is 216 g/mol. The van der Waals surface area contributed by atoms with Crippen LogP contribution in [-0.2, 0) is 0 Å². The van der Waals surface area contributed by atoms with E-state index in [4.69, 9.17) is 9.84 Å². The normalized spacial score (nSPS) is 14.5. The van der Waals surface area contributed by atoms with E-state index in [1.54, 1.807) is 7.11 Å². The van der Waals surface area contributed by atoms with E-state index in [9.17, 15) is 5.11 Å². The summed E-state index contributed by atoms with van der Waals surface area (Å²) < 4.78 is 5.22. The Kier molecular flexibility index (Phi) is 4.97. The summed E-state index contributed by atoms with van der Waals surface area (Å²) >= 11 is 0. The molecule has 1 aromatic rings. The van der Waals surface area contributed by atoms with Gasteiger partial charge in [0.05, 0.1) is 19.8 Å². The fourth-order valence-electron chi connectivity index (χ4n) is 2.43. The highest BCUT2D eigenvalue weighted by molar-refractivity contribution is 5.42. The van der Waals surface area contributed by atoms with Crippen LogP contribution in [0.4, 0.5) is 0 Å². The minimum absolute atomic E-state index is 0.182. The van der Waals surface area contributed by atoms with E-state index in [1.807, 2.05) is 26.0 Å². The predicted octanol–water partition coefficient (Wildman–Crippen LogP) is 2.16. The molecular formula is C14H22O3. The molecule has 1 rings (SSSR count). The fourth-order valence-corrected chi connectivity index (χ4v) is 2.43. The van der Waals surface area contributed by atoms with Gasteiger partial charge in [-0.25, -0.2) is 0 Å². The van der Waals surface area contributed by atoms with Crippen molar-refractivity contribution in [3.05, 3.63) is 28.8 Å². The summed E-state index contributed by atoms with van der Waals surface area (Å²) in [7, 11) is 1.66. The minimum Gasteiger partial charge on any atom is -0.497 e. The average molecular weight is 238 g/mol. The molecule has 0 spiro atoms. The number of methoxy groups -OCH3 is 1. The second-order valence-electron chi connectivity index (χ2n) is 4.65. The summed E-state index contributed by atoms with van der Waals surface area (Å²) in [6, 6.07) is 4.01. The van der Waals surface area contributed by atoms with Crippen molar-refractivity contribution in [1.29, 1.82) is 0 Å². The Bertz CT molecular complexity index is 351. The van der Waals surface area contributed by atoms with E-state index in [-0.39, 0.29) is 12.5 Å². The van der Waals surface area contributed by atoms with Crippen LogP contribution in [0.5, 0.6) is 5.75 Å². The van der Waals surface area contributed by atoms with Crippen molar-refractivity contribution in [2.24, 2.45) is 0 Å². The molecule has 1 aromatic carbocycles. The number of aliphatic hydroxyl groups excluding tert-OH is 2. The van der Waals surface area contributed by atoms with Gasteiger partial charge in [0.25, 0.3) is 0 Å². The fraction of sp³-hybridized carbons (Fsp3) is 0.571. The van der Waals surface area contributed by atoms with Gasteiger partial charge in [-0.15, -0.1) is 0 Å². The molecule has 2 unspecified atom stereocenters. The first-order valence-corrected chi connectivity index (χ1v) is 5.93. The van der Waals surface area contributed by atoms with Gasteiger partial charge in [-0.05, 0) is 55.0 Å². The Morgan fingerprint density at radius 3 is 2.18 bits per heavy atom. The minimum atomic E-state index is -0.647. The zero-order valence-corrected chi connectivity index (χ0v) is 11.0. The van der Waals surface area contributed by atoms with E-state index in [2.05, 4.69) is 6.92 Å². The van der Waals surface area contributed by atoms with Crippen LogP contribution in [0.3, 0.4) is 0 Å². The topological polar surface area (TPSA) is 49.7 Å². The molecule has 0 aromatic heterocycles. The second-order valence-corrected chi connectivity index (χ2v) is 4.65. The van der Waals surface area contributed by atoms with Crippen LogP contribution in [0, 0.1) is 13.8 Å². The van der Waals surface area contributed by atoms with Gasteiger partial charge in [-0.2, -0.15) is 0 Å². The zero-order chi connectivity index (χ0) is 13.0. The molecule has 0 fully saturated rings. The Labute approximate surface area is 103 Å². The Morgan fingerprint density at radius 2 is 1.76 bits per heavy atom. The van der Waals surface area contributed by atoms with Crippen molar-refractivity contribution in [3.8, 4) is 5.75 Å². The molecule has 0 amide bonds. The predicted molar refractivity (Wildman–Crippen MR) is 68.6 cm³/mol. The van der Waals surface area contributed by atoms with Crippen LogP contribution in [0.25, 0.3) is 0 Å². The zero-order valence-electron chi connectivity index (χ0n) is 11.0. The maximum atomic E-state index is 9.50. The Morgan fingerprint density at radius 1 is 1.24 bits per heavy atom. The second kappa shape index (κ2) is 6.03. The molecule has 0 heterocycles. The first kappa shape index (κ1) is 14.0. The van der Waals surface area contributed by atoms with Gasteiger partial charge < -0.3 is 14.9 Å². The van der Waals surface area contributed by atoms with Gasteiger partial charge in [0, 0.05) is 0 Å². The van der Waals surface area contributed by atoms with Gasteiger partial charge in [-0.1, -0.05) is 6.92 Å². The van der Waals surface area contributed by atoms with Crippen LogP contribution in [0.2, 0.25) is 0 Å². The molecule has 0 aliphatic heterocycles. The van der Waals surface area contributed by atoms with Crippen molar-refractivity contribution in [3.63, 3.8) is 0 Å². The van der Waals surface area contributed by atoms with Crippen molar-refractivity contribution in [1.82, 2.24) is 0 Å². The summed E-state index contributed by atoms with van der Waals surface area (Å²) in [5, 5.41) is 18.4. The lowest BCUT2D eigenvalue weighted by atomic mass is 9.88. The van der Waals surface area contributed by atoms with Crippen LogP contribution >= 0.6 is 0 Å². The van der Waals surface area contributed by atoms with Gasteiger partial charge >= 0.3 is 0 Å². The smallest absolute Gasteiger partial charge is 0.119 e. The monoisotopic (exact) mass is 238 g/mol. The van der Waals surface area contributed by atoms with Crippen molar-refractivity contribution in [2.45, 2.75) is 39.2 Å². The molecule has 0 radical (unpaired) electrons. The molecule has 0 aliphatic carbocycles. The Hall–Kier alpha value is -1.06. The van der Waals surface area contributed by atoms with Crippen LogP contribution in [0.15, 0.2) is 12.1 Å². The summed E-state index contributed by atoms with van der Waals surface area (Å²) in [6.07, 6.45) is -0.0734. The SMILES string of the molecule is COc1cc(C)c(C(C)CC(O)CO)c(C)c1. The third-order valence-electron chi connectivity index (χ3n) is 3.13. The molecule has 3 nitrogen and oxygen atoms in total. The number of aryl methyl sites for hydroxylation is 2. The van der Waals surface area contributed by atoms with E-state index in [1.165, 1.54) is 16.7 Å². The highest BCUT2D eigenvalue weighted by atomic mass is 16.5. The highest BCUT2D eigenvalue weighted by Crippen LogP contribution is 2.30. The molecule has 2 N–H and O–H groups in total. The number of ether oxygens (including phenoxy) is 1. The lowest BCUT2D eigenvalue weighted by Crippen LogP contribution is -2.16. The lowest BCUT2D eigenvalue weighted by Gasteiger charge is -2.20. The lowest BCUT2D eigenvalue weighted by molar-refractivity contribution is 0.0834. The number of aliphatic hydroxyl groups is 2. The van der Waals surface area contributed by atoms with Gasteiger partial charge in [-0.3, -0.25) is 0 Å². The molecule has 17 heavy (non-hydrogen) atoms. The van der Waals surface area contributed by atoms with Gasteiger partial charge in [0.15, 0.2) is 0 Å². The average Bonchev–Trinajstić information content (AvgIpc) is 2.27. The van der Waals surface area contributed by atoms with Gasteiger partial charge in [0.2, 0.25) is 0 Å². The quantitative estimate of drug-likeness (QED) is 0.826. The van der Waals surface area contributed by atoms with Crippen molar-refractivity contribution >= 4 is 0 Å². The van der Waals surface area contributed by atoms with E-state index in [0.29, 0.717) is 6.42 Å². The Balaban J connectivity index is 2.97. The van der Waals surface area contributed by atoms with Crippen LogP contribution in [0.1, 0.15) is 36.0 Å². The van der Waals surface area contributed by atoms with E-state index < -0.39 is 6.10 Å². The van der Waals surface area contributed by atoms with Crippen LogP contribution in [-0.4, -0.2) is 30.0 Å². The molecule has 0 aliphatic rings. The van der Waals surface area contributed by atoms with Gasteiger partial charge in [0.1, 0.15) is 5.75 Å². The standard InChI is InChI=1S/C14H22O3/c1-9(5-12(16)8-15)14-10(2)6-13(17-4)7-11(14)3/h6-7,9,12,15-16H,5,8H2,1-4H3. The van der Waals surface area contributed by atoms with Crippen molar-refractivity contribution < 1.29 is 14.9 Å². The summed E-state index contributed by atoms with van der Waals surface area (Å²) in [4.78, 5) is 0. The number of rotatable bonds is 5. The molecule has 0 bridgehead atoms. The van der Waals surface area contributed by atoms with E-state index in [0.717, 1.165) is 5.75 Å². The third-order valence-corrected chi connectivity index (χ3v) is 3.13. The molecule has 2 atom stereocenters. The number of hydrogen-bond donors (Lipinski definition) is 2. The summed E-state index contributed by atoms with van der Waals surface area (Å²) in [5.41, 5.74) is 3.57. The number of hydrogen-bond acceptors (Lipinski definition) is 3. The maximum absolute atomic E-state index is 9.50.